The van der Waals surface area contributed by atoms with E-state index in [1.807, 2.05) is 18.2 Å². The van der Waals surface area contributed by atoms with Crippen LogP contribution in [0, 0.1) is 0 Å². The van der Waals surface area contributed by atoms with Gasteiger partial charge < -0.3 is 0 Å². The third-order valence-corrected chi connectivity index (χ3v) is 4.48. The van der Waals surface area contributed by atoms with Gasteiger partial charge >= 0.3 is 0 Å². The van der Waals surface area contributed by atoms with Crippen molar-refractivity contribution in [1.82, 2.24) is 4.90 Å². The second-order valence-electron chi connectivity index (χ2n) is 4.00. The van der Waals surface area contributed by atoms with E-state index in [1.54, 1.807) is 0 Å². The molecule has 0 saturated carbocycles. The Morgan fingerprint density at radius 3 is 2.31 bits per heavy atom. The minimum atomic E-state index is -3.27. The first-order valence-corrected chi connectivity index (χ1v) is 7.17. The van der Waals surface area contributed by atoms with Crippen LogP contribution in [0.25, 0.3) is 0 Å². The van der Waals surface area contributed by atoms with E-state index in [-0.39, 0.29) is 24.7 Å². The zero-order valence-corrected chi connectivity index (χ0v) is 10.7. The molecular formula is C11H16ClFNOP. The largest absolute Gasteiger partial charge is 0.298 e. The highest BCUT2D eigenvalue weighted by atomic mass is 35.5. The third kappa shape index (κ3) is 3.89. The molecule has 0 spiro atoms. The van der Waals surface area contributed by atoms with Crippen molar-refractivity contribution >= 4 is 19.9 Å². The van der Waals surface area contributed by atoms with Gasteiger partial charge in [0.05, 0.1) is 0 Å². The van der Waals surface area contributed by atoms with E-state index >= 15 is 0 Å². The van der Waals surface area contributed by atoms with Gasteiger partial charge in [-0.1, -0.05) is 30.3 Å². The fourth-order valence-corrected chi connectivity index (χ4v) is 3.19. The van der Waals surface area contributed by atoms with Gasteiger partial charge in [-0.15, -0.1) is 12.4 Å². The van der Waals surface area contributed by atoms with Crippen molar-refractivity contribution in [2.45, 2.75) is 6.54 Å². The summed E-state index contributed by atoms with van der Waals surface area (Å²) in [5.41, 5.74) is 1.23. The number of hydrogen-bond acceptors (Lipinski definition) is 2. The minimum Gasteiger partial charge on any atom is -0.298 e. The lowest BCUT2D eigenvalue weighted by Crippen LogP contribution is -2.33. The van der Waals surface area contributed by atoms with Gasteiger partial charge in [-0.05, 0) is 5.56 Å². The molecule has 1 heterocycles. The van der Waals surface area contributed by atoms with Gasteiger partial charge in [0.25, 0.3) is 0 Å². The molecule has 0 unspecified atom stereocenters. The van der Waals surface area contributed by atoms with Crippen LogP contribution in [0.3, 0.4) is 0 Å². The Morgan fingerprint density at radius 1 is 1.19 bits per heavy atom. The van der Waals surface area contributed by atoms with Gasteiger partial charge in [0.2, 0.25) is 7.45 Å². The average Bonchev–Trinajstić information content (AvgIpc) is 2.23. The highest BCUT2D eigenvalue weighted by molar-refractivity contribution is 7.58. The fraction of sp³-hybridized carbons (Fsp3) is 0.455. The van der Waals surface area contributed by atoms with Crippen LogP contribution in [0.4, 0.5) is 4.20 Å². The molecule has 0 bridgehead atoms. The Kier molecular flexibility index (Phi) is 4.97. The highest BCUT2D eigenvalue weighted by Crippen LogP contribution is 2.48. The lowest BCUT2D eigenvalue weighted by Gasteiger charge is -2.28. The molecule has 5 heteroatoms. The van der Waals surface area contributed by atoms with Crippen molar-refractivity contribution in [1.29, 1.82) is 0 Å². The molecule has 0 aliphatic carbocycles. The number of nitrogens with zero attached hydrogens (tertiary/aromatic N) is 1. The predicted molar refractivity (Wildman–Crippen MR) is 67.4 cm³/mol. The molecule has 2 rings (SSSR count). The number of halogens is 2. The average molecular weight is 264 g/mol. The van der Waals surface area contributed by atoms with Gasteiger partial charge in [-0.3, -0.25) is 9.46 Å². The van der Waals surface area contributed by atoms with Crippen molar-refractivity contribution in [3.8, 4) is 0 Å². The molecular weight excluding hydrogens is 248 g/mol. The van der Waals surface area contributed by atoms with E-state index in [0.717, 1.165) is 6.54 Å². The Bertz CT molecular complexity index is 362. The van der Waals surface area contributed by atoms with Gasteiger partial charge in [-0.25, -0.2) is 0 Å². The van der Waals surface area contributed by atoms with Crippen molar-refractivity contribution in [2.24, 2.45) is 0 Å². The van der Waals surface area contributed by atoms with Crippen LogP contribution < -0.4 is 0 Å². The smallest absolute Gasteiger partial charge is 0.246 e. The third-order valence-electron chi connectivity index (χ3n) is 2.75. The summed E-state index contributed by atoms with van der Waals surface area (Å²) in [4.78, 5) is 2.16. The Balaban J connectivity index is 0.00000128. The quantitative estimate of drug-likeness (QED) is 0.764. The van der Waals surface area contributed by atoms with Gasteiger partial charge in [0.15, 0.2) is 0 Å². The normalized spacial score (nSPS) is 20.1. The molecule has 1 aromatic rings. The minimum absolute atomic E-state index is 0. The van der Waals surface area contributed by atoms with E-state index in [9.17, 15) is 8.76 Å². The SMILES string of the molecule is Cl.O=P1(F)CCN(Cc2ccccc2)CC1. The second-order valence-corrected chi connectivity index (χ2v) is 6.47. The molecule has 16 heavy (non-hydrogen) atoms. The summed E-state index contributed by atoms with van der Waals surface area (Å²) < 4.78 is 24.3. The van der Waals surface area contributed by atoms with Crippen LogP contribution in [0.1, 0.15) is 5.56 Å². The second kappa shape index (κ2) is 5.81. The Morgan fingerprint density at radius 2 is 1.75 bits per heavy atom. The van der Waals surface area contributed by atoms with Gasteiger partial charge in [0.1, 0.15) is 0 Å². The molecule has 0 radical (unpaired) electrons. The summed E-state index contributed by atoms with van der Waals surface area (Å²) >= 11 is 0. The van der Waals surface area contributed by atoms with Crippen LogP contribution in [0.2, 0.25) is 0 Å². The number of benzene rings is 1. The molecule has 90 valence electrons. The monoisotopic (exact) mass is 263 g/mol. The van der Waals surface area contributed by atoms with Crippen LogP contribution in [-0.2, 0) is 11.1 Å². The highest BCUT2D eigenvalue weighted by Gasteiger charge is 2.27. The standard InChI is InChI=1S/C11H15FNOP.ClH/c12-15(14)8-6-13(7-9-15)10-11-4-2-1-3-5-11;/h1-5H,6-10H2;1H. The molecule has 1 fully saturated rings. The van der Waals surface area contributed by atoms with Gasteiger partial charge in [-0.2, -0.15) is 4.20 Å². The van der Waals surface area contributed by atoms with Crippen molar-refractivity contribution < 1.29 is 8.76 Å². The molecule has 1 aliphatic rings. The van der Waals surface area contributed by atoms with Crippen LogP contribution in [-0.4, -0.2) is 30.3 Å². The van der Waals surface area contributed by atoms with Crippen LogP contribution in [0.15, 0.2) is 30.3 Å². The van der Waals surface area contributed by atoms with Crippen LogP contribution >= 0.6 is 19.9 Å². The van der Waals surface area contributed by atoms with E-state index in [1.165, 1.54) is 5.56 Å². The maximum Gasteiger partial charge on any atom is 0.246 e. The lowest BCUT2D eigenvalue weighted by atomic mass is 10.2. The van der Waals surface area contributed by atoms with Crippen molar-refractivity contribution in [2.75, 3.05) is 25.4 Å². The molecule has 0 amide bonds. The molecule has 0 aromatic heterocycles. The predicted octanol–water partition coefficient (Wildman–Crippen LogP) is 3.17. The van der Waals surface area contributed by atoms with Crippen molar-refractivity contribution in [3.05, 3.63) is 35.9 Å². The van der Waals surface area contributed by atoms with E-state index in [0.29, 0.717) is 13.1 Å². The first-order valence-electron chi connectivity index (χ1n) is 5.20. The van der Waals surface area contributed by atoms with Crippen LogP contribution in [0.5, 0.6) is 0 Å². The summed E-state index contributed by atoms with van der Waals surface area (Å²) in [6.45, 7) is 2.06. The summed E-state index contributed by atoms with van der Waals surface area (Å²) in [6, 6.07) is 10.1. The molecule has 0 atom stereocenters. The topological polar surface area (TPSA) is 20.3 Å². The van der Waals surface area contributed by atoms with Gasteiger partial charge in [0, 0.05) is 32.0 Å². The Hall–Kier alpha value is -0.370. The molecule has 2 nitrogen and oxygen atoms in total. The molecule has 1 aliphatic heterocycles. The zero-order valence-electron chi connectivity index (χ0n) is 9.01. The van der Waals surface area contributed by atoms with E-state index < -0.39 is 7.45 Å². The Labute approximate surface area is 102 Å². The summed E-state index contributed by atoms with van der Waals surface area (Å²) in [6.07, 6.45) is 0.444. The molecule has 0 N–H and O–H groups in total. The maximum atomic E-state index is 13.1. The summed E-state index contributed by atoms with van der Waals surface area (Å²) in [7, 11) is -3.27. The fourth-order valence-electron chi connectivity index (χ4n) is 1.80. The lowest BCUT2D eigenvalue weighted by molar-refractivity contribution is 0.282. The first-order chi connectivity index (χ1) is 7.16. The number of hydrogen-bond donors (Lipinski definition) is 0. The van der Waals surface area contributed by atoms with Crippen molar-refractivity contribution in [3.63, 3.8) is 0 Å². The number of rotatable bonds is 2. The molecule has 1 saturated heterocycles. The molecule has 1 aromatic carbocycles. The summed E-state index contributed by atoms with van der Waals surface area (Å²) in [5.74, 6) is 0. The summed E-state index contributed by atoms with van der Waals surface area (Å²) in [5, 5.41) is 0. The first kappa shape index (κ1) is 13.7. The van der Waals surface area contributed by atoms with E-state index in [2.05, 4.69) is 17.0 Å². The van der Waals surface area contributed by atoms with E-state index in [4.69, 9.17) is 0 Å². The maximum absolute atomic E-state index is 13.1. The zero-order chi connectivity index (χ0) is 10.7.